The highest BCUT2D eigenvalue weighted by Crippen LogP contribution is 1.93. The first-order chi connectivity index (χ1) is 4.91. The summed E-state index contributed by atoms with van der Waals surface area (Å²) < 4.78 is 0. The van der Waals surface area contributed by atoms with Crippen molar-refractivity contribution in [2.45, 2.75) is 32.6 Å². The minimum Gasteiger partial charge on any atom is -0.396 e. The van der Waals surface area contributed by atoms with Gasteiger partial charge in [0.1, 0.15) is 0 Å². The fourth-order valence-corrected chi connectivity index (χ4v) is 0.621. The molecule has 0 aromatic heterocycles. The number of unbranched alkanes of at least 4 members (excludes halogenated alkanes) is 2. The molecule has 0 bridgehead atoms. The monoisotopic (exact) mass is 140 g/mol. The van der Waals surface area contributed by atoms with E-state index in [9.17, 15) is 0 Å². The van der Waals surface area contributed by atoms with Gasteiger partial charge >= 0.3 is 0 Å². The summed E-state index contributed by atoms with van der Waals surface area (Å²) in [7, 11) is 0. The molecule has 1 heteroatoms. The molecule has 58 valence electrons. The van der Waals surface area contributed by atoms with Gasteiger partial charge in [-0.15, -0.1) is 5.73 Å². The summed E-state index contributed by atoms with van der Waals surface area (Å²) in [4.78, 5) is 0. The van der Waals surface area contributed by atoms with Crippen LogP contribution in [0.25, 0.3) is 0 Å². The Kier molecular flexibility index (Phi) is 8.04. The minimum absolute atomic E-state index is 0.231. The normalized spacial score (nSPS) is 8.60. The van der Waals surface area contributed by atoms with Gasteiger partial charge in [0, 0.05) is 6.61 Å². The van der Waals surface area contributed by atoms with E-state index in [4.69, 9.17) is 5.11 Å². The smallest absolute Gasteiger partial charge is 0.0471 e. The van der Waals surface area contributed by atoms with Gasteiger partial charge in [0.2, 0.25) is 0 Å². The second kappa shape index (κ2) is 8.48. The molecule has 0 aromatic carbocycles. The average Bonchev–Trinajstić information content (AvgIpc) is 1.97. The predicted molar refractivity (Wildman–Crippen MR) is 43.9 cm³/mol. The van der Waals surface area contributed by atoms with E-state index in [1.807, 2.05) is 12.2 Å². The van der Waals surface area contributed by atoms with Crippen molar-refractivity contribution in [3.05, 3.63) is 17.9 Å². The van der Waals surface area contributed by atoms with Crippen LogP contribution in [-0.2, 0) is 0 Å². The van der Waals surface area contributed by atoms with Crippen molar-refractivity contribution in [2.75, 3.05) is 6.61 Å². The van der Waals surface area contributed by atoms with Crippen molar-refractivity contribution in [1.29, 1.82) is 0 Å². The van der Waals surface area contributed by atoms with Gasteiger partial charge in [0.25, 0.3) is 0 Å². The standard InChI is InChI=1S/C9H16O/c1-2-3-4-5-6-7-8-9-10/h5,7,10H,2-4,8-9H2,1H3. The van der Waals surface area contributed by atoms with Crippen LogP contribution in [0.2, 0.25) is 0 Å². The third kappa shape index (κ3) is 7.48. The molecule has 0 unspecified atom stereocenters. The third-order valence-corrected chi connectivity index (χ3v) is 1.21. The predicted octanol–water partition coefficient (Wildman–Crippen LogP) is 2.27. The lowest BCUT2D eigenvalue weighted by molar-refractivity contribution is 0.302. The van der Waals surface area contributed by atoms with Gasteiger partial charge in [0.15, 0.2) is 0 Å². The Hall–Kier alpha value is -0.520. The first kappa shape index (κ1) is 9.48. The van der Waals surface area contributed by atoms with E-state index < -0.39 is 0 Å². The second-order valence-corrected chi connectivity index (χ2v) is 2.23. The molecule has 0 atom stereocenters. The number of hydrogen-bond acceptors (Lipinski definition) is 1. The molecular formula is C9H16O. The Morgan fingerprint density at radius 2 is 2.00 bits per heavy atom. The quantitative estimate of drug-likeness (QED) is 0.459. The third-order valence-electron chi connectivity index (χ3n) is 1.21. The van der Waals surface area contributed by atoms with Gasteiger partial charge in [-0.2, -0.15) is 0 Å². The van der Waals surface area contributed by atoms with Crippen LogP contribution in [0.5, 0.6) is 0 Å². The minimum atomic E-state index is 0.231. The lowest BCUT2D eigenvalue weighted by atomic mass is 10.2. The molecule has 0 rings (SSSR count). The Labute approximate surface area is 63.1 Å². The molecule has 0 radical (unpaired) electrons. The Bertz CT molecular complexity index is 110. The average molecular weight is 140 g/mol. The number of aliphatic hydroxyl groups excluding tert-OH is 1. The molecule has 0 aliphatic rings. The summed E-state index contributed by atoms with van der Waals surface area (Å²) in [6.07, 6.45) is 8.20. The van der Waals surface area contributed by atoms with Gasteiger partial charge in [-0.1, -0.05) is 13.3 Å². The molecule has 0 amide bonds. The first-order valence-corrected chi connectivity index (χ1v) is 3.92. The molecule has 10 heavy (non-hydrogen) atoms. The summed E-state index contributed by atoms with van der Waals surface area (Å²) >= 11 is 0. The summed E-state index contributed by atoms with van der Waals surface area (Å²) in [5.74, 6) is 0. The molecule has 1 N–H and O–H groups in total. The second-order valence-electron chi connectivity index (χ2n) is 2.23. The van der Waals surface area contributed by atoms with Gasteiger partial charge in [-0.3, -0.25) is 0 Å². The fourth-order valence-electron chi connectivity index (χ4n) is 0.621. The molecule has 0 aliphatic heterocycles. The van der Waals surface area contributed by atoms with Crippen molar-refractivity contribution >= 4 is 0 Å². The van der Waals surface area contributed by atoms with E-state index in [2.05, 4.69) is 12.7 Å². The highest BCUT2D eigenvalue weighted by molar-refractivity contribution is 4.84. The Balaban J connectivity index is 3.17. The molecule has 0 fully saturated rings. The van der Waals surface area contributed by atoms with Crippen LogP contribution in [0.4, 0.5) is 0 Å². The molecule has 0 heterocycles. The molecule has 0 aromatic rings. The van der Waals surface area contributed by atoms with Crippen LogP contribution in [0.3, 0.4) is 0 Å². The van der Waals surface area contributed by atoms with Crippen molar-refractivity contribution in [3.63, 3.8) is 0 Å². The molecule has 0 saturated heterocycles. The van der Waals surface area contributed by atoms with Crippen LogP contribution in [0, 0.1) is 0 Å². The van der Waals surface area contributed by atoms with E-state index in [0.717, 1.165) is 12.8 Å². The highest BCUT2D eigenvalue weighted by atomic mass is 16.2. The van der Waals surface area contributed by atoms with E-state index in [-0.39, 0.29) is 6.61 Å². The maximum absolute atomic E-state index is 8.38. The van der Waals surface area contributed by atoms with Crippen LogP contribution < -0.4 is 0 Å². The zero-order chi connectivity index (χ0) is 7.66. The Morgan fingerprint density at radius 1 is 1.30 bits per heavy atom. The lowest BCUT2D eigenvalue weighted by Gasteiger charge is -1.83. The van der Waals surface area contributed by atoms with Gasteiger partial charge in [-0.25, -0.2) is 0 Å². The van der Waals surface area contributed by atoms with Gasteiger partial charge in [-0.05, 0) is 31.4 Å². The van der Waals surface area contributed by atoms with Crippen LogP contribution >= 0.6 is 0 Å². The maximum Gasteiger partial charge on any atom is 0.0471 e. The molecule has 0 aliphatic carbocycles. The maximum atomic E-state index is 8.38. The fraction of sp³-hybridized carbons (Fsp3) is 0.667. The van der Waals surface area contributed by atoms with Crippen molar-refractivity contribution in [1.82, 2.24) is 0 Å². The van der Waals surface area contributed by atoms with E-state index in [1.165, 1.54) is 12.8 Å². The molecule has 0 spiro atoms. The summed E-state index contributed by atoms with van der Waals surface area (Å²) in [6.45, 7) is 2.40. The summed E-state index contributed by atoms with van der Waals surface area (Å²) in [6, 6.07) is 0. The largest absolute Gasteiger partial charge is 0.396 e. The van der Waals surface area contributed by atoms with Gasteiger partial charge < -0.3 is 5.11 Å². The van der Waals surface area contributed by atoms with E-state index in [1.54, 1.807) is 0 Å². The van der Waals surface area contributed by atoms with E-state index in [0.29, 0.717) is 0 Å². The first-order valence-electron chi connectivity index (χ1n) is 3.92. The lowest BCUT2D eigenvalue weighted by Crippen LogP contribution is -1.73. The number of aliphatic hydroxyl groups is 1. The summed E-state index contributed by atoms with van der Waals surface area (Å²) in [5.41, 5.74) is 3.01. The molecule has 1 nitrogen and oxygen atoms in total. The SMILES string of the molecule is CCCCC=C=CCCO. The topological polar surface area (TPSA) is 20.2 Å². The van der Waals surface area contributed by atoms with E-state index >= 15 is 0 Å². The van der Waals surface area contributed by atoms with Gasteiger partial charge in [0.05, 0.1) is 0 Å². The number of rotatable bonds is 5. The zero-order valence-corrected chi connectivity index (χ0v) is 6.64. The van der Waals surface area contributed by atoms with Crippen LogP contribution in [0.1, 0.15) is 32.6 Å². The number of hydrogen-bond donors (Lipinski definition) is 1. The van der Waals surface area contributed by atoms with Crippen LogP contribution in [-0.4, -0.2) is 11.7 Å². The molecular weight excluding hydrogens is 124 g/mol. The highest BCUT2D eigenvalue weighted by Gasteiger charge is 1.74. The zero-order valence-electron chi connectivity index (χ0n) is 6.64. The van der Waals surface area contributed by atoms with Crippen molar-refractivity contribution in [3.8, 4) is 0 Å². The molecule has 0 saturated carbocycles. The summed E-state index contributed by atoms with van der Waals surface area (Å²) in [5, 5.41) is 8.38. The van der Waals surface area contributed by atoms with Crippen molar-refractivity contribution in [2.24, 2.45) is 0 Å². The van der Waals surface area contributed by atoms with Crippen LogP contribution in [0.15, 0.2) is 17.9 Å². The van der Waals surface area contributed by atoms with Crippen molar-refractivity contribution < 1.29 is 5.11 Å². The Morgan fingerprint density at radius 3 is 2.60 bits per heavy atom.